The van der Waals surface area contributed by atoms with Crippen molar-refractivity contribution in [1.29, 1.82) is 0 Å². The van der Waals surface area contributed by atoms with E-state index >= 15 is 0 Å². The third-order valence-electron chi connectivity index (χ3n) is 3.05. The first-order chi connectivity index (χ1) is 5.68. The molecule has 2 unspecified atom stereocenters. The molecule has 1 saturated carbocycles. The summed E-state index contributed by atoms with van der Waals surface area (Å²) >= 11 is 0. The van der Waals surface area contributed by atoms with Crippen LogP contribution < -0.4 is 5.73 Å². The van der Waals surface area contributed by atoms with Crippen LogP contribution in [0.3, 0.4) is 0 Å². The quantitative estimate of drug-likeness (QED) is 0.671. The minimum Gasteiger partial charge on any atom is -0.328 e. The molecule has 2 aliphatic rings. The van der Waals surface area contributed by atoms with E-state index in [0.717, 1.165) is 19.5 Å². The lowest BCUT2D eigenvalue weighted by atomic mass is 10.0. The zero-order valence-electron chi connectivity index (χ0n) is 7.43. The van der Waals surface area contributed by atoms with Crippen molar-refractivity contribution in [3.8, 4) is 0 Å². The lowest BCUT2D eigenvalue weighted by Crippen LogP contribution is -2.46. The van der Waals surface area contributed by atoms with Crippen LogP contribution in [0.1, 0.15) is 25.7 Å². The molecule has 1 saturated heterocycles. The summed E-state index contributed by atoms with van der Waals surface area (Å²) in [6.07, 6.45) is 3.35. The molecule has 3 heteroatoms. The molecule has 1 aliphatic heterocycles. The maximum atomic E-state index is 13.9. The Kier molecular flexibility index (Phi) is 2.09. The predicted molar refractivity (Wildman–Crippen MR) is 46.7 cm³/mol. The van der Waals surface area contributed by atoms with E-state index in [1.54, 1.807) is 0 Å². The summed E-state index contributed by atoms with van der Waals surface area (Å²) < 4.78 is 13.9. The molecule has 0 radical (unpaired) electrons. The Morgan fingerprint density at radius 3 is 2.67 bits per heavy atom. The van der Waals surface area contributed by atoms with E-state index in [1.807, 2.05) is 0 Å². The molecule has 1 heterocycles. The highest BCUT2D eigenvalue weighted by Gasteiger charge is 2.40. The molecule has 70 valence electrons. The van der Waals surface area contributed by atoms with Gasteiger partial charge in [-0.15, -0.1) is 0 Å². The number of hydrogen-bond acceptors (Lipinski definition) is 2. The van der Waals surface area contributed by atoms with Crippen molar-refractivity contribution in [2.75, 3.05) is 19.6 Å². The Morgan fingerprint density at radius 1 is 1.50 bits per heavy atom. The van der Waals surface area contributed by atoms with Crippen LogP contribution in [0.25, 0.3) is 0 Å². The maximum absolute atomic E-state index is 13.9. The topological polar surface area (TPSA) is 29.3 Å². The summed E-state index contributed by atoms with van der Waals surface area (Å²) in [4.78, 5) is 2.19. The number of alkyl halides is 1. The van der Waals surface area contributed by atoms with Crippen LogP contribution in [0.15, 0.2) is 0 Å². The Balaban J connectivity index is 1.84. The van der Waals surface area contributed by atoms with Gasteiger partial charge in [0, 0.05) is 12.6 Å². The first kappa shape index (κ1) is 8.45. The second-order valence-electron chi connectivity index (χ2n) is 4.28. The van der Waals surface area contributed by atoms with Crippen LogP contribution in [-0.4, -0.2) is 36.2 Å². The van der Waals surface area contributed by atoms with Gasteiger partial charge in [0.05, 0.1) is 0 Å². The van der Waals surface area contributed by atoms with E-state index in [4.69, 9.17) is 5.73 Å². The highest BCUT2D eigenvalue weighted by molar-refractivity contribution is 4.94. The molecule has 2 N–H and O–H groups in total. The van der Waals surface area contributed by atoms with Crippen LogP contribution in [0.4, 0.5) is 4.39 Å². The van der Waals surface area contributed by atoms with Gasteiger partial charge < -0.3 is 10.6 Å². The molecule has 2 rings (SSSR count). The normalized spacial score (nSPS) is 43.0. The summed E-state index contributed by atoms with van der Waals surface area (Å²) in [6, 6.07) is 0.108. The summed E-state index contributed by atoms with van der Waals surface area (Å²) in [5.74, 6) is 0. The molecule has 12 heavy (non-hydrogen) atoms. The van der Waals surface area contributed by atoms with Gasteiger partial charge in [0.15, 0.2) is 0 Å². The van der Waals surface area contributed by atoms with Crippen LogP contribution in [0, 0.1) is 0 Å². The van der Waals surface area contributed by atoms with Crippen molar-refractivity contribution in [2.45, 2.75) is 37.4 Å². The summed E-state index contributed by atoms with van der Waals surface area (Å²) in [7, 11) is 0. The number of rotatable bonds is 2. The molecule has 0 aromatic rings. The van der Waals surface area contributed by atoms with Crippen molar-refractivity contribution in [1.82, 2.24) is 4.90 Å². The van der Waals surface area contributed by atoms with Crippen molar-refractivity contribution >= 4 is 0 Å². The molecule has 0 aromatic heterocycles. The number of hydrogen-bond donors (Lipinski definition) is 1. The molecule has 2 fully saturated rings. The zero-order chi connectivity index (χ0) is 8.60. The van der Waals surface area contributed by atoms with Gasteiger partial charge in [-0.1, -0.05) is 0 Å². The first-order valence-corrected chi connectivity index (χ1v) is 4.85. The third kappa shape index (κ3) is 1.62. The predicted octanol–water partition coefficient (Wildman–Crippen LogP) is 0.912. The number of halogens is 1. The van der Waals surface area contributed by atoms with E-state index in [2.05, 4.69) is 4.90 Å². The highest BCUT2D eigenvalue weighted by Crippen LogP contribution is 2.34. The molecular weight excluding hydrogens is 155 g/mol. The van der Waals surface area contributed by atoms with Gasteiger partial charge in [-0.25, -0.2) is 4.39 Å². The van der Waals surface area contributed by atoms with E-state index < -0.39 is 5.67 Å². The van der Waals surface area contributed by atoms with Gasteiger partial charge >= 0.3 is 0 Å². The Labute approximate surface area is 72.9 Å². The zero-order valence-corrected chi connectivity index (χ0v) is 7.43. The second-order valence-corrected chi connectivity index (χ2v) is 4.28. The van der Waals surface area contributed by atoms with Crippen LogP contribution >= 0.6 is 0 Å². The minimum absolute atomic E-state index is 0.108. The molecular formula is C9H17FN2. The third-order valence-corrected chi connectivity index (χ3v) is 3.05. The fourth-order valence-corrected chi connectivity index (χ4v) is 2.20. The Bertz CT molecular complexity index is 170. The number of likely N-dealkylation sites (tertiary alicyclic amines) is 1. The van der Waals surface area contributed by atoms with Crippen molar-refractivity contribution < 1.29 is 4.39 Å². The maximum Gasteiger partial charge on any atom is 0.125 e. The number of nitrogens with zero attached hydrogens (tertiary/aromatic N) is 1. The fraction of sp³-hybridized carbons (Fsp3) is 1.00. The molecule has 0 amide bonds. The first-order valence-electron chi connectivity index (χ1n) is 4.85. The summed E-state index contributed by atoms with van der Waals surface area (Å²) in [5.41, 5.74) is 4.73. The second kappa shape index (κ2) is 2.96. The van der Waals surface area contributed by atoms with E-state index in [9.17, 15) is 4.39 Å². The van der Waals surface area contributed by atoms with Crippen molar-refractivity contribution in [2.24, 2.45) is 5.73 Å². The monoisotopic (exact) mass is 172 g/mol. The largest absolute Gasteiger partial charge is 0.328 e. The number of nitrogens with two attached hydrogens (primary N) is 1. The Hall–Kier alpha value is -0.150. The molecule has 1 aliphatic carbocycles. The van der Waals surface area contributed by atoms with Gasteiger partial charge in [0.1, 0.15) is 5.67 Å². The van der Waals surface area contributed by atoms with E-state index in [-0.39, 0.29) is 6.04 Å². The minimum atomic E-state index is -0.958. The van der Waals surface area contributed by atoms with Gasteiger partial charge in [0.2, 0.25) is 0 Å². The SMILES string of the molecule is NC1CCC(F)(CN2CCC2)C1. The molecule has 2 nitrogen and oxygen atoms in total. The summed E-state index contributed by atoms with van der Waals surface area (Å²) in [6.45, 7) is 2.79. The lowest BCUT2D eigenvalue weighted by Gasteiger charge is -2.35. The van der Waals surface area contributed by atoms with Gasteiger partial charge in [-0.05, 0) is 38.8 Å². The van der Waals surface area contributed by atoms with Gasteiger partial charge in [-0.2, -0.15) is 0 Å². The van der Waals surface area contributed by atoms with Crippen LogP contribution in [0.5, 0.6) is 0 Å². The molecule has 0 spiro atoms. The average molecular weight is 172 g/mol. The highest BCUT2D eigenvalue weighted by atomic mass is 19.1. The van der Waals surface area contributed by atoms with E-state index in [1.165, 1.54) is 6.42 Å². The fourth-order valence-electron chi connectivity index (χ4n) is 2.20. The van der Waals surface area contributed by atoms with Gasteiger partial charge in [0.25, 0.3) is 0 Å². The van der Waals surface area contributed by atoms with Crippen molar-refractivity contribution in [3.05, 3.63) is 0 Å². The van der Waals surface area contributed by atoms with E-state index in [0.29, 0.717) is 19.4 Å². The van der Waals surface area contributed by atoms with Crippen LogP contribution in [0.2, 0.25) is 0 Å². The lowest BCUT2D eigenvalue weighted by molar-refractivity contribution is 0.0627. The molecule has 0 bridgehead atoms. The standard InChI is InChI=1S/C9H17FN2/c10-9(3-2-8(11)6-9)7-12-4-1-5-12/h8H,1-7,11H2. The molecule has 2 atom stereocenters. The van der Waals surface area contributed by atoms with Crippen LogP contribution in [-0.2, 0) is 0 Å². The van der Waals surface area contributed by atoms with Crippen molar-refractivity contribution in [3.63, 3.8) is 0 Å². The summed E-state index contributed by atoms with van der Waals surface area (Å²) in [5, 5.41) is 0. The Morgan fingerprint density at radius 2 is 2.25 bits per heavy atom. The smallest absolute Gasteiger partial charge is 0.125 e. The average Bonchev–Trinajstić information content (AvgIpc) is 2.24. The van der Waals surface area contributed by atoms with Gasteiger partial charge in [-0.3, -0.25) is 0 Å². The molecule has 0 aromatic carbocycles.